The first-order valence-corrected chi connectivity index (χ1v) is 5.81. The van der Waals surface area contributed by atoms with Crippen molar-refractivity contribution < 1.29 is 13.2 Å². The fourth-order valence-corrected chi connectivity index (χ4v) is 1.20. The van der Waals surface area contributed by atoms with Gasteiger partial charge in [-0.25, -0.2) is 13.1 Å². The molecule has 7 heteroatoms. The van der Waals surface area contributed by atoms with Crippen LogP contribution in [0.25, 0.3) is 0 Å². The molecule has 1 unspecified atom stereocenters. The highest BCUT2D eigenvalue weighted by atomic mass is 35.5. The summed E-state index contributed by atoms with van der Waals surface area (Å²) in [5.74, 6) is -0.508. The van der Waals surface area contributed by atoms with E-state index in [0.29, 0.717) is 0 Å². The predicted octanol–water partition coefficient (Wildman–Crippen LogP) is -0.721. The maximum absolute atomic E-state index is 10.9. The van der Waals surface area contributed by atoms with Crippen molar-refractivity contribution in [2.24, 2.45) is 0 Å². The maximum atomic E-state index is 10.9. The predicted molar refractivity (Wildman–Crippen MR) is 51.2 cm³/mol. The largest absolute Gasteiger partial charge is 0.354 e. The first-order chi connectivity index (χ1) is 5.89. The fourth-order valence-electron chi connectivity index (χ4n) is 0.551. The minimum atomic E-state index is -3.25. The molecule has 0 heterocycles. The van der Waals surface area contributed by atoms with Crippen molar-refractivity contribution in [3.05, 3.63) is 0 Å². The molecule has 0 bridgehead atoms. The maximum Gasteiger partial charge on any atom is 0.237 e. The highest BCUT2D eigenvalue weighted by Crippen LogP contribution is 1.91. The van der Waals surface area contributed by atoms with Crippen molar-refractivity contribution in [3.63, 3.8) is 0 Å². The van der Waals surface area contributed by atoms with Crippen LogP contribution in [-0.2, 0) is 14.8 Å². The number of halogens is 1. The van der Waals surface area contributed by atoms with Crippen LogP contribution in [-0.4, -0.2) is 39.0 Å². The van der Waals surface area contributed by atoms with Crippen LogP contribution in [0.4, 0.5) is 0 Å². The van der Waals surface area contributed by atoms with E-state index in [0.717, 1.165) is 0 Å². The highest BCUT2D eigenvalue weighted by Gasteiger charge is 2.10. The highest BCUT2D eigenvalue weighted by molar-refractivity contribution is 7.89. The van der Waals surface area contributed by atoms with E-state index in [2.05, 4.69) is 10.0 Å². The van der Waals surface area contributed by atoms with Crippen LogP contribution in [0, 0.1) is 0 Å². The zero-order valence-electron chi connectivity index (χ0n) is 7.50. The standard InChI is InChI=1S/C6H13ClN2O3S/c1-5(7)6(10)9-3-4-13(11,12)8-2/h5,8H,3-4H2,1-2H3,(H,9,10). The van der Waals surface area contributed by atoms with Gasteiger partial charge in [0, 0.05) is 6.54 Å². The Labute approximate surface area is 82.9 Å². The minimum absolute atomic E-state index is 0.0685. The average Bonchev–Trinajstić information content (AvgIpc) is 2.04. The van der Waals surface area contributed by atoms with Crippen molar-refractivity contribution in [1.82, 2.24) is 10.0 Å². The lowest BCUT2D eigenvalue weighted by molar-refractivity contribution is -0.120. The van der Waals surface area contributed by atoms with Crippen molar-refractivity contribution in [1.29, 1.82) is 0 Å². The average molecular weight is 229 g/mol. The molecule has 0 spiro atoms. The van der Waals surface area contributed by atoms with Gasteiger partial charge in [-0.05, 0) is 14.0 Å². The molecular weight excluding hydrogens is 216 g/mol. The van der Waals surface area contributed by atoms with Crippen molar-refractivity contribution >= 4 is 27.5 Å². The molecule has 0 aliphatic rings. The Morgan fingerprint density at radius 3 is 2.46 bits per heavy atom. The second kappa shape index (κ2) is 5.41. The first-order valence-electron chi connectivity index (χ1n) is 3.72. The van der Waals surface area contributed by atoms with Gasteiger partial charge in [-0.2, -0.15) is 0 Å². The van der Waals surface area contributed by atoms with Crippen molar-refractivity contribution in [2.45, 2.75) is 12.3 Å². The summed E-state index contributed by atoms with van der Waals surface area (Å²) >= 11 is 5.43. The third-order valence-corrected chi connectivity index (χ3v) is 2.90. The SMILES string of the molecule is CNS(=O)(=O)CCNC(=O)C(C)Cl. The summed E-state index contributed by atoms with van der Waals surface area (Å²) < 4.78 is 23.8. The van der Waals surface area contributed by atoms with Crippen LogP contribution in [0.1, 0.15) is 6.92 Å². The van der Waals surface area contributed by atoms with Gasteiger partial charge in [0.2, 0.25) is 15.9 Å². The molecule has 0 aliphatic heterocycles. The van der Waals surface area contributed by atoms with Gasteiger partial charge in [0.15, 0.2) is 0 Å². The number of hydrogen-bond donors (Lipinski definition) is 2. The quantitative estimate of drug-likeness (QED) is 0.610. The molecule has 78 valence electrons. The van der Waals surface area contributed by atoms with Crippen molar-refractivity contribution in [3.8, 4) is 0 Å². The van der Waals surface area contributed by atoms with Crippen LogP contribution in [0.15, 0.2) is 0 Å². The third kappa shape index (κ3) is 5.84. The summed E-state index contributed by atoms with van der Waals surface area (Å²) in [7, 11) is -1.93. The summed E-state index contributed by atoms with van der Waals surface area (Å²) in [5.41, 5.74) is 0. The zero-order chi connectivity index (χ0) is 10.5. The molecule has 0 saturated carbocycles. The fraction of sp³-hybridized carbons (Fsp3) is 0.833. The molecule has 0 aromatic rings. The Hall–Kier alpha value is -0.330. The molecule has 1 atom stereocenters. The molecule has 2 N–H and O–H groups in total. The Morgan fingerprint density at radius 2 is 2.08 bits per heavy atom. The first kappa shape index (κ1) is 12.7. The number of hydrogen-bond acceptors (Lipinski definition) is 3. The summed E-state index contributed by atoms with van der Waals surface area (Å²) in [6, 6.07) is 0. The summed E-state index contributed by atoms with van der Waals surface area (Å²) in [4.78, 5) is 10.9. The van der Waals surface area contributed by atoms with E-state index in [1.165, 1.54) is 14.0 Å². The monoisotopic (exact) mass is 228 g/mol. The molecule has 0 rings (SSSR count). The Balaban J connectivity index is 3.76. The zero-order valence-corrected chi connectivity index (χ0v) is 9.07. The summed E-state index contributed by atoms with van der Waals surface area (Å²) in [6.45, 7) is 1.59. The molecular formula is C6H13ClN2O3S. The Kier molecular flexibility index (Phi) is 5.27. The number of nitrogens with one attached hydrogen (secondary N) is 2. The second-order valence-electron chi connectivity index (χ2n) is 2.43. The second-order valence-corrected chi connectivity index (χ2v) is 5.13. The summed E-state index contributed by atoms with van der Waals surface area (Å²) in [5, 5.41) is 1.74. The lowest BCUT2D eigenvalue weighted by Crippen LogP contribution is -2.35. The van der Waals surface area contributed by atoms with Crippen molar-refractivity contribution in [2.75, 3.05) is 19.3 Å². The number of alkyl halides is 1. The van der Waals surface area contributed by atoms with Gasteiger partial charge >= 0.3 is 0 Å². The van der Waals surface area contributed by atoms with E-state index in [1.54, 1.807) is 0 Å². The van der Waals surface area contributed by atoms with E-state index in [4.69, 9.17) is 11.6 Å². The lowest BCUT2D eigenvalue weighted by Gasteiger charge is -2.06. The number of rotatable bonds is 5. The van der Waals surface area contributed by atoms with Crippen LogP contribution < -0.4 is 10.0 Å². The van der Waals surface area contributed by atoms with Gasteiger partial charge in [-0.3, -0.25) is 4.79 Å². The van der Waals surface area contributed by atoms with E-state index in [9.17, 15) is 13.2 Å². The lowest BCUT2D eigenvalue weighted by atomic mass is 10.4. The van der Waals surface area contributed by atoms with E-state index in [-0.39, 0.29) is 18.2 Å². The van der Waals surface area contributed by atoms with E-state index >= 15 is 0 Å². The van der Waals surface area contributed by atoms with Crippen LogP contribution in [0.2, 0.25) is 0 Å². The number of carbonyl (C=O) groups excluding carboxylic acids is 1. The molecule has 0 aromatic carbocycles. The number of amides is 1. The topological polar surface area (TPSA) is 75.3 Å². The van der Waals surface area contributed by atoms with Crippen LogP contribution >= 0.6 is 11.6 Å². The molecule has 13 heavy (non-hydrogen) atoms. The molecule has 0 saturated heterocycles. The van der Waals surface area contributed by atoms with Gasteiger partial charge in [0.25, 0.3) is 0 Å². The van der Waals surface area contributed by atoms with Gasteiger partial charge in [0.05, 0.1) is 5.75 Å². The smallest absolute Gasteiger partial charge is 0.237 e. The van der Waals surface area contributed by atoms with Crippen LogP contribution in [0.5, 0.6) is 0 Å². The van der Waals surface area contributed by atoms with Gasteiger partial charge in [-0.1, -0.05) is 0 Å². The molecule has 0 radical (unpaired) electrons. The molecule has 0 aromatic heterocycles. The van der Waals surface area contributed by atoms with E-state index in [1.807, 2.05) is 0 Å². The molecule has 0 fully saturated rings. The van der Waals surface area contributed by atoms with Crippen LogP contribution in [0.3, 0.4) is 0 Å². The molecule has 0 aliphatic carbocycles. The minimum Gasteiger partial charge on any atom is -0.354 e. The number of carbonyl (C=O) groups is 1. The Morgan fingerprint density at radius 1 is 1.54 bits per heavy atom. The van der Waals surface area contributed by atoms with Gasteiger partial charge in [0.1, 0.15) is 5.38 Å². The molecule has 1 amide bonds. The number of sulfonamides is 1. The Bertz CT molecular complexity index is 263. The molecule has 5 nitrogen and oxygen atoms in total. The van der Waals surface area contributed by atoms with Gasteiger partial charge in [-0.15, -0.1) is 11.6 Å². The van der Waals surface area contributed by atoms with Gasteiger partial charge < -0.3 is 5.32 Å². The van der Waals surface area contributed by atoms with E-state index < -0.39 is 15.4 Å². The summed E-state index contributed by atoms with van der Waals surface area (Å²) in [6.07, 6.45) is 0. The normalized spacial score (nSPS) is 13.8. The third-order valence-electron chi connectivity index (χ3n) is 1.34.